The standard InChI is InChI=1S/C17H29N3O3S/c21-17(18-8-6-15-4-2-1-3-5-15)20-11-9-19(10-12-20)16-7-13-24(22,23)14-16/h4,16H,1-3,5-14H2,(H,18,21). The van der Waals surface area contributed by atoms with Gasteiger partial charge in [0.2, 0.25) is 0 Å². The summed E-state index contributed by atoms with van der Waals surface area (Å²) in [6, 6.07) is 0.170. The van der Waals surface area contributed by atoms with Crippen LogP contribution in [0.3, 0.4) is 0 Å². The zero-order chi connectivity index (χ0) is 17.0. The van der Waals surface area contributed by atoms with E-state index in [2.05, 4.69) is 16.3 Å². The first-order chi connectivity index (χ1) is 11.5. The van der Waals surface area contributed by atoms with Crippen LogP contribution in [0.25, 0.3) is 0 Å². The number of urea groups is 1. The topological polar surface area (TPSA) is 69.7 Å². The van der Waals surface area contributed by atoms with Crippen molar-refractivity contribution in [3.05, 3.63) is 11.6 Å². The fraction of sp³-hybridized carbons (Fsp3) is 0.824. The van der Waals surface area contributed by atoms with Gasteiger partial charge in [0.05, 0.1) is 11.5 Å². The Kier molecular flexibility index (Phi) is 5.81. The van der Waals surface area contributed by atoms with Crippen molar-refractivity contribution in [3.63, 3.8) is 0 Å². The molecule has 0 aromatic carbocycles. The summed E-state index contributed by atoms with van der Waals surface area (Å²) in [6.07, 6.45) is 8.96. The van der Waals surface area contributed by atoms with E-state index in [4.69, 9.17) is 0 Å². The first kappa shape index (κ1) is 17.7. The SMILES string of the molecule is O=C(NCCC1=CCCCC1)N1CCN(C2CCS(=O)(=O)C2)CC1. The number of nitrogens with one attached hydrogen (secondary N) is 1. The van der Waals surface area contributed by atoms with Crippen molar-refractivity contribution < 1.29 is 13.2 Å². The second-order valence-electron chi connectivity index (χ2n) is 7.17. The van der Waals surface area contributed by atoms with Gasteiger partial charge in [0, 0.05) is 38.8 Å². The molecule has 0 bridgehead atoms. The molecule has 2 heterocycles. The van der Waals surface area contributed by atoms with Crippen LogP contribution in [0, 0.1) is 0 Å². The Morgan fingerprint density at radius 2 is 2.00 bits per heavy atom. The number of amides is 2. The van der Waals surface area contributed by atoms with Crippen LogP contribution < -0.4 is 5.32 Å². The third-order valence-corrected chi connectivity index (χ3v) is 7.18. The molecule has 2 aliphatic heterocycles. The fourth-order valence-corrected chi connectivity index (χ4v) is 5.69. The average Bonchev–Trinajstić information content (AvgIpc) is 2.96. The summed E-state index contributed by atoms with van der Waals surface area (Å²) in [4.78, 5) is 16.3. The molecule has 0 saturated carbocycles. The van der Waals surface area contributed by atoms with Crippen molar-refractivity contribution >= 4 is 15.9 Å². The van der Waals surface area contributed by atoms with Gasteiger partial charge in [-0.25, -0.2) is 13.2 Å². The van der Waals surface area contributed by atoms with E-state index in [-0.39, 0.29) is 17.8 Å². The van der Waals surface area contributed by atoms with E-state index in [1.165, 1.54) is 31.3 Å². The molecule has 7 heteroatoms. The van der Waals surface area contributed by atoms with E-state index in [0.717, 1.165) is 25.9 Å². The Bertz CT molecular complexity index is 580. The van der Waals surface area contributed by atoms with Crippen molar-refractivity contribution in [1.29, 1.82) is 0 Å². The van der Waals surface area contributed by atoms with Crippen LogP contribution in [0.1, 0.15) is 38.5 Å². The zero-order valence-corrected chi connectivity index (χ0v) is 15.2. The summed E-state index contributed by atoms with van der Waals surface area (Å²) in [5.41, 5.74) is 1.48. The predicted molar refractivity (Wildman–Crippen MR) is 94.8 cm³/mol. The molecule has 2 amide bonds. The molecule has 3 aliphatic rings. The second-order valence-corrected chi connectivity index (χ2v) is 9.40. The third kappa shape index (κ3) is 4.72. The molecule has 2 fully saturated rings. The van der Waals surface area contributed by atoms with Crippen LogP contribution in [0.2, 0.25) is 0 Å². The molecule has 6 nitrogen and oxygen atoms in total. The van der Waals surface area contributed by atoms with Gasteiger partial charge in [-0.15, -0.1) is 0 Å². The number of piperazine rings is 1. The van der Waals surface area contributed by atoms with E-state index < -0.39 is 9.84 Å². The summed E-state index contributed by atoms with van der Waals surface area (Å²) < 4.78 is 23.2. The first-order valence-corrected chi connectivity index (χ1v) is 11.0. The molecule has 2 saturated heterocycles. The maximum atomic E-state index is 12.3. The van der Waals surface area contributed by atoms with Crippen LogP contribution >= 0.6 is 0 Å². The lowest BCUT2D eigenvalue weighted by Gasteiger charge is -2.37. The van der Waals surface area contributed by atoms with E-state index in [9.17, 15) is 13.2 Å². The number of carbonyl (C=O) groups is 1. The third-order valence-electron chi connectivity index (χ3n) is 5.43. The van der Waals surface area contributed by atoms with Gasteiger partial charge in [-0.1, -0.05) is 11.6 Å². The Morgan fingerprint density at radius 1 is 1.21 bits per heavy atom. The fourth-order valence-electron chi connectivity index (χ4n) is 3.93. The first-order valence-electron chi connectivity index (χ1n) is 9.19. The summed E-state index contributed by atoms with van der Waals surface area (Å²) in [7, 11) is -2.84. The minimum Gasteiger partial charge on any atom is -0.338 e. The van der Waals surface area contributed by atoms with Crippen molar-refractivity contribution in [3.8, 4) is 0 Å². The number of allylic oxidation sites excluding steroid dienone is 1. The molecule has 0 spiro atoms. The quantitative estimate of drug-likeness (QED) is 0.774. The molecular formula is C17H29N3O3S. The highest BCUT2D eigenvalue weighted by atomic mass is 32.2. The maximum absolute atomic E-state index is 12.3. The highest BCUT2D eigenvalue weighted by Gasteiger charge is 2.34. The lowest BCUT2D eigenvalue weighted by Crippen LogP contribution is -2.54. The van der Waals surface area contributed by atoms with Crippen LogP contribution in [0.5, 0.6) is 0 Å². The summed E-state index contributed by atoms with van der Waals surface area (Å²) in [5, 5.41) is 3.03. The lowest BCUT2D eigenvalue weighted by molar-refractivity contribution is 0.116. The molecule has 0 aromatic rings. The Labute approximate surface area is 145 Å². The zero-order valence-electron chi connectivity index (χ0n) is 14.4. The minimum atomic E-state index is -2.84. The Morgan fingerprint density at radius 3 is 2.62 bits per heavy atom. The van der Waals surface area contributed by atoms with Gasteiger partial charge in [-0.05, 0) is 38.5 Å². The minimum absolute atomic E-state index is 0.0186. The number of rotatable bonds is 4. The number of hydrogen-bond acceptors (Lipinski definition) is 4. The van der Waals surface area contributed by atoms with Gasteiger partial charge in [0.25, 0.3) is 0 Å². The maximum Gasteiger partial charge on any atom is 0.317 e. The van der Waals surface area contributed by atoms with Gasteiger partial charge in [0.1, 0.15) is 0 Å². The molecule has 1 N–H and O–H groups in total. The number of carbonyl (C=O) groups excluding carboxylic acids is 1. The van der Waals surface area contributed by atoms with Gasteiger partial charge in [-0.3, -0.25) is 4.90 Å². The Hall–Kier alpha value is -1.08. The summed E-state index contributed by atoms with van der Waals surface area (Å²) in [6.45, 7) is 3.64. The van der Waals surface area contributed by atoms with E-state index in [1.54, 1.807) is 0 Å². The molecule has 1 aliphatic carbocycles. The molecule has 24 heavy (non-hydrogen) atoms. The van der Waals surface area contributed by atoms with Crippen molar-refractivity contribution in [2.24, 2.45) is 0 Å². The Balaban J connectivity index is 1.36. The molecular weight excluding hydrogens is 326 g/mol. The average molecular weight is 356 g/mol. The van der Waals surface area contributed by atoms with Gasteiger partial charge in [0.15, 0.2) is 9.84 Å². The van der Waals surface area contributed by atoms with E-state index in [1.807, 2.05) is 4.90 Å². The molecule has 1 atom stereocenters. The van der Waals surface area contributed by atoms with Crippen molar-refractivity contribution in [2.75, 3.05) is 44.2 Å². The van der Waals surface area contributed by atoms with E-state index in [0.29, 0.717) is 25.4 Å². The molecule has 136 valence electrons. The van der Waals surface area contributed by atoms with Crippen LogP contribution in [0.4, 0.5) is 4.79 Å². The highest BCUT2D eigenvalue weighted by molar-refractivity contribution is 7.91. The van der Waals surface area contributed by atoms with Gasteiger partial charge >= 0.3 is 6.03 Å². The number of hydrogen-bond donors (Lipinski definition) is 1. The smallest absolute Gasteiger partial charge is 0.317 e. The van der Waals surface area contributed by atoms with Crippen LogP contribution in [0.15, 0.2) is 11.6 Å². The molecule has 0 radical (unpaired) electrons. The molecule has 1 unspecified atom stereocenters. The van der Waals surface area contributed by atoms with Crippen molar-refractivity contribution in [1.82, 2.24) is 15.1 Å². The van der Waals surface area contributed by atoms with Gasteiger partial charge < -0.3 is 10.2 Å². The number of sulfone groups is 1. The highest BCUT2D eigenvalue weighted by Crippen LogP contribution is 2.20. The lowest BCUT2D eigenvalue weighted by atomic mass is 9.97. The molecule has 0 aromatic heterocycles. The van der Waals surface area contributed by atoms with Crippen LogP contribution in [-0.4, -0.2) is 74.5 Å². The monoisotopic (exact) mass is 355 g/mol. The largest absolute Gasteiger partial charge is 0.338 e. The van der Waals surface area contributed by atoms with Crippen molar-refractivity contribution in [2.45, 2.75) is 44.6 Å². The summed E-state index contributed by atoms with van der Waals surface area (Å²) in [5.74, 6) is 0.600. The molecule has 3 rings (SSSR count). The summed E-state index contributed by atoms with van der Waals surface area (Å²) >= 11 is 0. The van der Waals surface area contributed by atoms with Crippen LogP contribution in [-0.2, 0) is 9.84 Å². The van der Waals surface area contributed by atoms with E-state index >= 15 is 0 Å². The normalized spacial score (nSPS) is 27.8. The number of nitrogens with zero attached hydrogens (tertiary/aromatic N) is 2. The predicted octanol–water partition coefficient (Wildman–Crippen LogP) is 1.39. The second kappa shape index (κ2) is 7.87. The van der Waals surface area contributed by atoms with Gasteiger partial charge in [-0.2, -0.15) is 0 Å².